The molecule has 0 aromatic heterocycles. The largest absolute Gasteiger partial charge is 0.381 e. The normalized spacial score (nSPS) is 18.5. The van der Waals surface area contributed by atoms with E-state index in [2.05, 4.69) is 12.2 Å². The van der Waals surface area contributed by atoms with E-state index in [1.165, 1.54) is 0 Å². The minimum Gasteiger partial charge on any atom is -0.381 e. The van der Waals surface area contributed by atoms with Gasteiger partial charge in [-0.25, -0.2) is 0 Å². The smallest absolute Gasteiger partial charge is 0.0475 e. The molecule has 0 amide bonds. The van der Waals surface area contributed by atoms with Crippen molar-refractivity contribution in [2.75, 3.05) is 26.3 Å². The maximum atomic E-state index is 6.41. The van der Waals surface area contributed by atoms with Crippen LogP contribution in [0.4, 0.5) is 0 Å². The molecule has 1 saturated heterocycles. The molecule has 0 spiro atoms. The molecule has 1 N–H and O–H groups in total. The number of benzene rings is 1. The summed E-state index contributed by atoms with van der Waals surface area (Å²) in [7, 11) is 0. The van der Waals surface area contributed by atoms with Crippen molar-refractivity contribution >= 4 is 23.2 Å². The number of hydrogen-bond acceptors (Lipinski definition) is 2. The van der Waals surface area contributed by atoms with Crippen LogP contribution >= 0.6 is 23.2 Å². The van der Waals surface area contributed by atoms with E-state index in [4.69, 9.17) is 27.9 Å². The average Bonchev–Trinajstić information content (AvgIpc) is 2.40. The highest BCUT2D eigenvalue weighted by molar-refractivity contribution is 6.36. The maximum Gasteiger partial charge on any atom is 0.0475 e. The number of nitrogens with one attached hydrogen (secondary N) is 1. The van der Waals surface area contributed by atoms with Crippen molar-refractivity contribution in [3.05, 3.63) is 33.8 Å². The lowest BCUT2D eigenvalue weighted by molar-refractivity contribution is 0.0500. The predicted molar refractivity (Wildman–Crippen MR) is 81.4 cm³/mol. The van der Waals surface area contributed by atoms with Crippen LogP contribution in [0.2, 0.25) is 10.0 Å². The van der Waals surface area contributed by atoms with Crippen LogP contribution in [0.15, 0.2) is 18.2 Å². The first-order valence-corrected chi connectivity index (χ1v) is 7.68. The van der Waals surface area contributed by atoms with Gasteiger partial charge in [0, 0.05) is 35.2 Å². The molecule has 1 aliphatic heterocycles. The highest BCUT2D eigenvalue weighted by Gasteiger charge is 2.37. The van der Waals surface area contributed by atoms with Crippen molar-refractivity contribution in [1.82, 2.24) is 5.32 Å². The lowest BCUT2D eigenvalue weighted by Crippen LogP contribution is -2.43. The predicted octanol–water partition coefficient (Wildman–Crippen LogP) is 4.04. The van der Waals surface area contributed by atoms with Crippen LogP contribution in [0, 0.1) is 0 Å². The number of rotatable bonds is 5. The maximum absolute atomic E-state index is 6.41. The summed E-state index contributed by atoms with van der Waals surface area (Å²) in [6.07, 6.45) is 3.06. The summed E-state index contributed by atoms with van der Waals surface area (Å²) in [5, 5.41) is 5.07. The van der Waals surface area contributed by atoms with Crippen LogP contribution in [-0.2, 0) is 10.2 Å². The van der Waals surface area contributed by atoms with Crippen molar-refractivity contribution in [1.29, 1.82) is 0 Å². The fourth-order valence-electron chi connectivity index (χ4n) is 2.79. The van der Waals surface area contributed by atoms with Crippen LogP contribution in [0.3, 0.4) is 0 Å². The number of halogens is 2. The summed E-state index contributed by atoms with van der Waals surface area (Å²) in [5.74, 6) is 0. The number of ether oxygens (including phenoxy) is 1. The SMILES string of the molecule is CCCNCC1(c2c(Cl)cccc2Cl)CCOCC1. The van der Waals surface area contributed by atoms with Crippen molar-refractivity contribution < 1.29 is 4.74 Å². The summed E-state index contributed by atoms with van der Waals surface area (Å²) in [6, 6.07) is 5.76. The molecule has 0 radical (unpaired) electrons. The Hall–Kier alpha value is -0.280. The van der Waals surface area contributed by atoms with Gasteiger partial charge in [0.15, 0.2) is 0 Å². The van der Waals surface area contributed by atoms with Crippen LogP contribution in [-0.4, -0.2) is 26.3 Å². The zero-order chi connectivity index (χ0) is 13.7. The Morgan fingerprint density at radius 3 is 2.42 bits per heavy atom. The molecule has 0 unspecified atom stereocenters. The molecule has 1 fully saturated rings. The van der Waals surface area contributed by atoms with E-state index in [1.54, 1.807) is 0 Å². The van der Waals surface area contributed by atoms with Gasteiger partial charge >= 0.3 is 0 Å². The van der Waals surface area contributed by atoms with E-state index in [9.17, 15) is 0 Å². The van der Waals surface area contributed by atoms with E-state index in [1.807, 2.05) is 18.2 Å². The Kier molecular flexibility index (Phi) is 5.52. The summed E-state index contributed by atoms with van der Waals surface area (Å²) in [6.45, 7) is 5.65. The molecule has 1 aliphatic rings. The topological polar surface area (TPSA) is 21.3 Å². The third-order valence-corrected chi connectivity index (χ3v) is 4.46. The molecule has 19 heavy (non-hydrogen) atoms. The molecular weight excluding hydrogens is 281 g/mol. The fraction of sp³-hybridized carbons (Fsp3) is 0.600. The van der Waals surface area contributed by atoms with Crippen molar-refractivity contribution in [2.45, 2.75) is 31.6 Å². The zero-order valence-corrected chi connectivity index (χ0v) is 12.9. The highest BCUT2D eigenvalue weighted by Crippen LogP contribution is 2.42. The van der Waals surface area contributed by atoms with Gasteiger partial charge in [-0.1, -0.05) is 36.2 Å². The Balaban J connectivity index is 2.30. The quantitative estimate of drug-likeness (QED) is 0.829. The second-order valence-electron chi connectivity index (χ2n) is 5.17. The molecule has 4 heteroatoms. The zero-order valence-electron chi connectivity index (χ0n) is 11.3. The molecular formula is C15H21Cl2NO. The molecule has 2 rings (SSSR count). The summed E-state index contributed by atoms with van der Waals surface area (Å²) >= 11 is 12.8. The lowest BCUT2D eigenvalue weighted by Gasteiger charge is -2.39. The fourth-order valence-corrected chi connectivity index (χ4v) is 3.58. The van der Waals surface area contributed by atoms with E-state index in [0.29, 0.717) is 0 Å². The van der Waals surface area contributed by atoms with Gasteiger partial charge in [-0.3, -0.25) is 0 Å². The van der Waals surface area contributed by atoms with Crippen LogP contribution in [0.5, 0.6) is 0 Å². The first kappa shape index (κ1) is 15.1. The van der Waals surface area contributed by atoms with E-state index in [0.717, 1.165) is 61.2 Å². The van der Waals surface area contributed by atoms with Gasteiger partial charge in [0.05, 0.1) is 0 Å². The van der Waals surface area contributed by atoms with E-state index < -0.39 is 0 Å². The lowest BCUT2D eigenvalue weighted by atomic mass is 9.74. The van der Waals surface area contributed by atoms with Crippen molar-refractivity contribution in [3.8, 4) is 0 Å². The minimum absolute atomic E-state index is 0.00282. The molecule has 0 saturated carbocycles. The van der Waals surface area contributed by atoms with Gasteiger partial charge < -0.3 is 10.1 Å². The third kappa shape index (κ3) is 3.43. The van der Waals surface area contributed by atoms with Gasteiger partial charge in [0.25, 0.3) is 0 Å². The standard InChI is InChI=1S/C15H21Cl2NO/c1-2-8-18-11-15(6-9-19-10-7-15)14-12(16)4-3-5-13(14)17/h3-5,18H,2,6-11H2,1H3. The highest BCUT2D eigenvalue weighted by atomic mass is 35.5. The molecule has 0 aliphatic carbocycles. The Labute approximate surface area is 125 Å². The van der Waals surface area contributed by atoms with Gasteiger partial charge in [0.2, 0.25) is 0 Å². The Morgan fingerprint density at radius 2 is 1.84 bits per heavy atom. The molecule has 2 nitrogen and oxygen atoms in total. The molecule has 1 aromatic carbocycles. The van der Waals surface area contributed by atoms with Gasteiger partial charge in [0.1, 0.15) is 0 Å². The number of hydrogen-bond donors (Lipinski definition) is 1. The Morgan fingerprint density at radius 1 is 1.21 bits per heavy atom. The van der Waals surface area contributed by atoms with Gasteiger partial charge in [-0.05, 0) is 43.5 Å². The monoisotopic (exact) mass is 301 g/mol. The first-order valence-electron chi connectivity index (χ1n) is 6.92. The molecule has 0 atom stereocenters. The third-order valence-electron chi connectivity index (χ3n) is 3.83. The van der Waals surface area contributed by atoms with Gasteiger partial charge in [-0.2, -0.15) is 0 Å². The average molecular weight is 302 g/mol. The van der Waals surface area contributed by atoms with E-state index >= 15 is 0 Å². The van der Waals surface area contributed by atoms with Crippen LogP contribution in [0.1, 0.15) is 31.7 Å². The molecule has 106 valence electrons. The first-order chi connectivity index (χ1) is 9.19. The van der Waals surface area contributed by atoms with E-state index in [-0.39, 0.29) is 5.41 Å². The second-order valence-corrected chi connectivity index (χ2v) is 5.98. The van der Waals surface area contributed by atoms with Crippen molar-refractivity contribution in [3.63, 3.8) is 0 Å². The van der Waals surface area contributed by atoms with Crippen LogP contribution < -0.4 is 5.32 Å². The molecule has 1 heterocycles. The summed E-state index contributed by atoms with van der Waals surface area (Å²) in [4.78, 5) is 0. The Bertz CT molecular complexity index is 396. The second kappa shape index (κ2) is 6.94. The molecule has 1 aromatic rings. The molecule has 0 bridgehead atoms. The summed E-state index contributed by atoms with van der Waals surface area (Å²) < 4.78 is 5.52. The van der Waals surface area contributed by atoms with Crippen LogP contribution in [0.25, 0.3) is 0 Å². The minimum atomic E-state index is 0.00282. The summed E-state index contributed by atoms with van der Waals surface area (Å²) in [5.41, 5.74) is 1.09. The van der Waals surface area contributed by atoms with Gasteiger partial charge in [-0.15, -0.1) is 0 Å². The van der Waals surface area contributed by atoms with Crippen molar-refractivity contribution in [2.24, 2.45) is 0 Å².